The van der Waals surface area contributed by atoms with Gasteiger partial charge < -0.3 is 9.73 Å². The summed E-state index contributed by atoms with van der Waals surface area (Å²) in [6.07, 6.45) is 0. The van der Waals surface area contributed by atoms with Crippen LogP contribution in [0.1, 0.15) is 5.76 Å². The molecule has 0 unspecified atom stereocenters. The van der Waals surface area contributed by atoms with Crippen molar-refractivity contribution in [3.8, 4) is 0 Å². The maximum Gasteiger partial charge on any atom is 0.266 e. The van der Waals surface area contributed by atoms with Gasteiger partial charge in [-0.1, -0.05) is 29.3 Å². The zero-order valence-corrected chi connectivity index (χ0v) is 14.7. The van der Waals surface area contributed by atoms with E-state index in [0.29, 0.717) is 12.3 Å². The number of nitrogens with one attached hydrogen (secondary N) is 2. The summed E-state index contributed by atoms with van der Waals surface area (Å²) in [5, 5.41) is 3.29. The molecule has 0 radical (unpaired) electrons. The van der Waals surface area contributed by atoms with Crippen LogP contribution in [0.15, 0.2) is 38.2 Å². The Bertz CT molecular complexity index is 742. The molecule has 5 nitrogen and oxygen atoms in total. The largest absolute Gasteiger partial charge is 0.451 e. The molecule has 0 bridgehead atoms. The molecule has 9 heteroatoms. The molecule has 2 rings (SSSR count). The molecule has 1 aromatic carbocycles. The number of hydrogen-bond donors (Lipinski definition) is 2. The van der Waals surface area contributed by atoms with E-state index in [-0.39, 0.29) is 25.3 Å². The first-order valence-corrected chi connectivity index (χ1v) is 8.78. The monoisotopic (exact) mass is 412 g/mol. The Labute approximate surface area is 140 Å². The van der Waals surface area contributed by atoms with Crippen LogP contribution in [0.4, 0.5) is 5.69 Å². The molecule has 0 saturated carbocycles. The van der Waals surface area contributed by atoms with Gasteiger partial charge in [-0.15, -0.1) is 0 Å². The molecule has 0 saturated heterocycles. The average molecular weight is 414 g/mol. The Hall–Kier alpha value is -0.730. The van der Waals surface area contributed by atoms with Crippen molar-refractivity contribution in [2.45, 2.75) is 11.4 Å². The Kier molecular flexibility index (Phi) is 5.21. The molecule has 0 atom stereocenters. The molecule has 2 aromatic rings. The quantitative estimate of drug-likeness (QED) is 0.780. The topological polar surface area (TPSA) is 71.3 Å². The van der Waals surface area contributed by atoms with Crippen molar-refractivity contribution in [3.63, 3.8) is 0 Å². The Morgan fingerprint density at radius 2 is 1.90 bits per heavy atom. The molecule has 2 N–H and O–H groups in total. The molecular weight excluding hydrogens is 403 g/mol. The van der Waals surface area contributed by atoms with E-state index in [0.717, 1.165) is 0 Å². The molecule has 1 heterocycles. The molecular formula is C12H11BrCl2N2O3S. The molecule has 0 amide bonds. The second kappa shape index (κ2) is 6.58. The first-order chi connectivity index (χ1) is 9.85. The maximum atomic E-state index is 12.4. The summed E-state index contributed by atoms with van der Waals surface area (Å²) in [5.74, 6) is 0.481. The highest BCUT2D eigenvalue weighted by Gasteiger charge is 2.24. The minimum Gasteiger partial charge on any atom is -0.451 e. The van der Waals surface area contributed by atoms with Gasteiger partial charge in [0.15, 0.2) is 4.67 Å². The lowest BCUT2D eigenvalue weighted by Gasteiger charge is -2.10. The number of para-hydroxylation sites is 1. The maximum absolute atomic E-state index is 12.4. The van der Waals surface area contributed by atoms with Gasteiger partial charge in [-0.05, 0) is 35.1 Å². The zero-order chi connectivity index (χ0) is 15.6. The summed E-state index contributed by atoms with van der Waals surface area (Å²) in [6, 6.07) is 6.14. The molecule has 0 aliphatic rings. The van der Waals surface area contributed by atoms with Gasteiger partial charge in [0.2, 0.25) is 0 Å². The summed E-state index contributed by atoms with van der Waals surface area (Å²) < 4.78 is 32.6. The number of halogens is 3. The van der Waals surface area contributed by atoms with Gasteiger partial charge in [-0.2, -0.15) is 0 Å². The Morgan fingerprint density at radius 1 is 1.29 bits per heavy atom. The molecule has 0 aliphatic heterocycles. The van der Waals surface area contributed by atoms with Crippen LogP contribution in [0.25, 0.3) is 0 Å². The molecule has 0 fully saturated rings. The van der Waals surface area contributed by atoms with Crippen molar-refractivity contribution in [1.29, 1.82) is 0 Å². The standard InChI is InChI=1S/C12H11BrCl2N2O3S/c1-16-6-7-5-10(12(13)20-7)21(18,19)17-11-8(14)3-2-4-9(11)15/h2-5,16-17H,6H2,1H3. The van der Waals surface area contributed by atoms with Gasteiger partial charge >= 0.3 is 0 Å². The molecule has 21 heavy (non-hydrogen) atoms. The third-order valence-corrected chi connectivity index (χ3v) is 5.38. The summed E-state index contributed by atoms with van der Waals surface area (Å²) >= 11 is 15.0. The third-order valence-electron chi connectivity index (χ3n) is 2.55. The highest BCUT2D eigenvalue weighted by atomic mass is 79.9. The van der Waals surface area contributed by atoms with E-state index in [2.05, 4.69) is 26.0 Å². The zero-order valence-electron chi connectivity index (χ0n) is 10.8. The van der Waals surface area contributed by atoms with Gasteiger partial charge in [0.1, 0.15) is 10.7 Å². The fourth-order valence-corrected chi connectivity index (χ4v) is 4.33. The first kappa shape index (κ1) is 16.6. The van der Waals surface area contributed by atoms with Crippen molar-refractivity contribution in [1.82, 2.24) is 5.32 Å². The SMILES string of the molecule is CNCc1cc(S(=O)(=O)Nc2c(Cl)cccc2Cl)c(Br)o1. The van der Waals surface area contributed by atoms with Crippen LogP contribution in [0.3, 0.4) is 0 Å². The molecule has 0 aliphatic carbocycles. The summed E-state index contributed by atoms with van der Waals surface area (Å²) in [6.45, 7) is 0.404. The predicted octanol–water partition coefficient (Wildman–Crippen LogP) is 3.87. The van der Waals surface area contributed by atoms with Gasteiger partial charge in [-0.3, -0.25) is 4.72 Å². The highest BCUT2D eigenvalue weighted by molar-refractivity contribution is 9.10. The Morgan fingerprint density at radius 3 is 2.48 bits per heavy atom. The summed E-state index contributed by atoms with van der Waals surface area (Å²) in [4.78, 5) is -0.0243. The number of hydrogen-bond acceptors (Lipinski definition) is 4. The van der Waals surface area contributed by atoms with E-state index in [1.807, 2.05) is 0 Å². The van der Waals surface area contributed by atoms with Crippen LogP contribution in [0.2, 0.25) is 10.0 Å². The number of benzene rings is 1. The van der Waals surface area contributed by atoms with Crippen molar-refractivity contribution in [3.05, 3.63) is 44.7 Å². The second-order valence-electron chi connectivity index (χ2n) is 4.08. The van der Waals surface area contributed by atoms with Crippen LogP contribution in [0.5, 0.6) is 0 Å². The minimum atomic E-state index is -3.87. The lowest BCUT2D eigenvalue weighted by Crippen LogP contribution is -2.13. The molecule has 1 aromatic heterocycles. The highest BCUT2D eigenvalue weighted by Crippen LogP contribution is 2.34. The van der Waals surface area contributed by atoms with E-state index < -0.39 is 10.0 Å². The third kappa shape index (κ3) is 3.73. The van der Waals surface area contributed by atoms with E-state index in [4.69, 9.17) is 27.6 Å². The smallest absolute Gasteiger partial charge is 0.266 e. The average Bonchev–Trinajstić information content (AvgIpc) is 2.76. The van der Waals surface area contributed by atoms with Gasteiger partial charge in [-0.25, -0.2) is 8.42 Å². The lowest BCUT2D eigenvalue weighted by atomic mass is 10.3. The van der Waals surface area contributed by atoms with E-state index >= 15 is 0 Å². The van der Waals surface area contributed by atoms with Gasteiger partial charge in [0.25, 0.3) is 10.0 Å². The number of rotatable bonds is 5. The number of sulfonamides is 1. The van der Waals surface area contributed by atoms with Gasteiger partial charge in [0, 0.05) is 6.07 Å². The molecule has 114 valence electrons. The molecule has 0 spiro atoms. The van der Waals surface area contributed by atoms with E-state index in [9.17, 15) is 8.42 Å². The predicted molar refractivity (Wildman–Crippen MR) is 86.4 cm³/mol. The van der Waals surface area contributed by atoms with Crippen LogP contribution in [-0.4, -0.2) is 15.5 Å². The minimum absolute atomic E-state index is 0.0243. The van der Waals surface area contributed by atoms with Crippen LogP contribution in [-0.2, 0) is 16.6 Å². The fraction of sp³-hybridized carbons (Fsp3) is 0.167. The summed E-state index contributed by atoms with van der Waals surface area (Å²) in [7, 11) is -2.15. The number of furan rings is 1. The lowest BCUT2D eigenvalue weighted by molar-refractivity contribution is 0.470. The fourth-order valence-electron chi connectivity index (χ4n) is 1.63. The van der Waals surface area contributed by atoms with Crippen LogP contribution >= 0.6 is 39.1 Å². The first-order valence-electron chi connectivity index (χ1n) is 5.75. The van der Waals surface area contributed by atoms with E-state index in [1.165, 1.54) is 6.07 Å². The second-order valence-corrected chi connectivity index (χ2v) is 7.27. The van der Waals surface area contributed by atoms with Crippen molar-refractivity contribution >= 4 is 54.8 Å². The Balaban J connectivity index is 2.39. The number of anilines is 1. The van der Waals surface area contributed by atoms with Crippen LogP contribution in [0, 0.1) is 0 Å². The van der Waals surface area contributed by atoms with Crippen LogP contribution < -0.4 is 10.0 Å². The van der Waals surface area contributed by atoms with Gasteiger partial charge in [0.05, 0.1) is 22.3 Å². The van der Waals surface area contributed by atoms with Crippen molar-refractivity contribution < 1.29 is 12.8 Å². The normalized spacial score (nSPS) is 11.6. The van der Waals surface area contributed by atoms with Crippen molar-refractivity contribution in [2.24, 2.45) is 0 Å². The van der Waals surface area contributed by atoms with E-state index in [1.54, 1.807) is 25.2 Å². The summed E-state index contributed by atoms with van der Waals surface area (Å²) in [5.41, 5.74) is 0.129. The van der Waals surface area contributed by atoms with Crippen molar-refractivity contribution in [2.75, 3.05) is 11.8 Å².